The van der Waals surface area contributed by atoms with Gasteiger partial charge in [0.2, 0.25) is 0 Å². The zero-order valence-electron chi connectivity index (χ0n) is 36.3. The predicted octanol–water partition coefficient (Wildman–Crippen LogP) is 14.4. The largest absolute Gasteiger partial charge is 0.462 e. The molecule has 0 bridgehead atoms. The van der Waals surface area contributed by atoms with Crippen LogP contribution >= 0.6 is 0 Å². The van der Waals surface area contributed by atoms with E-state index in [0.717, 1.165) is 77.0 Å². The average Bonchev–Trinajstić information content (AvgIpc) is 3.21. The summed E-state index contributed by atoms with van der Waals surface area (Å²) in [5.74, 6) is -1.05. The number of unbranched alkanes of at least 4 members (excludes halogenated alkanes) is 15. The van der Waals surface area contributed by atoms with Crippen LogP contribution in [0.25, 0.3) is 0 Å². The van der Waals surface area contributed by atoms with Gasteiger partial charge in [-0.2, -0.15) is 0 Å². The number of carbonyl (C=O) groups excluding carboxylic acids is 3. The van der Waals surface area contributed by atoms with E-state index < -0.39 is 12.1 Å². The summed E-state index contributed by atoms with van der Waals surface area (Å²) in [6.45, 7) is 6.27. The lowest BCUT2D eigenvalue weighted by molar-refractivity contribution is -0.167. The van der Waals surface area contributed by atoms with Crippen LogP contribution in [0, 0.1) is 0 Å². The number of hydrogen-bond acceptors (Lipinski definition) is 6. The van der Waals surface area contributed by atoms with Crippen molar-refractivity contribution in [2.45, 2.75) is 181 Å². The topological polar surface area (TPSA) is 78.9 Å². The number of hydrogen-bond donors (Lipinski definition) is 0. The molecule has 0 aliphatic heterocycles. The van der Waals surface area contributed by atoms with Crippen LogP contribution in [-0.4, -0.2) is 37.2 Å². The van der Waals surface area contributed by atoms with E-state index in [-0.39, 0.29) is 31.6 Å². The predicted molar refractivity (Wildman–Crippen MR) is 242 cm³/mol. The number of ether oxygens (including phenoxy) is 3. The van der Waals surface area contributed by atoms with Gasteiger partial charge in [0.05, 0.1) is 0 Å². The van der Waals surface area contributed by atoms with E-state index in [4.69, 9.17) is 14.2 Å². The molecule has 0 spiro atoms. The number of rotatable bonds is 38. The van der Waals surface area contributed by atoms with Gasteiger partial charge in [-0.15, -0.1) is 0 Å². The summed E-state index contributed by atoms with van der Waals surface area (Å²) in [6.07, 6.45) is 59.3. The lowest BCUT2D eigenvalue weighted by Gasteiger charge is -2.18. The van der Waals surface area contributed by atoms with Gasteiger partial charge in [0.15, 0.2) is 6.10 Å². The van der Waals surface area contributed by atoms with E-state index in [0.29, 0.717) is 19.3 Å². The fourth-order valence-electron chi connectivity index (χ4n) is 5.50. The molecule has 0 aromatic heterocycles. The van der Waals surface area contributed by atoms with E-state index in [1.54, 1.807) is 0 Å². The zero-order valence-corrected chi connectivity index (χ0v) is 36.3. The molecule has 1 atom stereocenters. The van der Waals surface area contributed by atoms with Crippen molar-refractivity contribution < 1.29 is 28.6 Å². The fourth-order valence-corrected chi connectivity index (χ4v) is 5.50. The van der Waals surface area contributed by atoms with Gasteiger partial charge in [0.1, 0.15) is 13.2 Å². The Morgan fingerprint density at radius 1 is 0.368 bits per heavy atom. The summed E-state index contributed by atoms with van der Waals surface area (Å²) in [5.41, 5.74) is 0. The van der Waals surface area contributed by atoms with Crippen LogP contribution in [0.5, 0.6) is 0 Å². The highest BCUT2D eigenvalue weighted by Crippen LogP contribution is 2.11. The molecule has 0 fully saturated rings. The van der Waals surface area contributed by atoms with E-state index in [1.165, 1.54) is 51.4 Å². The number of carbonyl (C=O) groups is 3. The first-order valence-corrected chi connectivity index (χ1v) is 22.5. The minimum Gasteiger partial charge on any atom is -0.462 e. The molecule has 0 saturated heterocycles. The third-order valence-corrected chi connectivity index (χ3v) is 8.91. The van der Waals surface area contributed by atoms with Crippen LogP contribution in [0.4, 0.5) is 0 Å². The van der Waals surface area contributed by atoms with Crippen LogP contribution in [-0.2, 0) is 28.6 Å². The maximum atomic E-state index is 12.7. The normalized spacial score (nSPS) is 13.1. The molecule has 0 radical (unpaired) electrons. The summed E-state index contributed by atoms with van der Waals surface area (Å²) in [4.78, 5) is 37.7. The van der Waals surface area contributed by atoms with E-state index in [2.05, 4.69) is 75.5 Å². The molecule has 0 amide bonds. The second-order valence-corrected chi connectivity index (χ2v) is 14.4. The maximum absolute atomic E-state index is 12.7. The Balaban J connectivity index is 4.57. The summed E-state index contributed by atoms with van der Waals surface area (Å²) in [5, 5.41) is 0. The Morgan fingerprint density at radius 2 is 0.719 bits per heavy atom. The van der Waals surface area contributed by atoms with Gasteiger partial charge in [-0.25, -0.2) is 0 Å². The molecule has 0 heterocycles. The van der Waals surface area contributed by atoms with Crippen LogP contribution in [0.1, 0.15) is 175 Å². The molecule has 0 aliphatic rings. The van der Waals surface area contributed by atoms with Crippen molar-refractivity contribution in [2.75, 3.05) is 13.2 Å². The van der Waals surface area contributed by atoms with Crippen molar-refractivity contribution >= 4 is 17.9 Å². The summed E-state index contributed by atoms with van der Waals surface area (Å²) in [6, 6.07) is 0. The lowest BCUT2D eigenvalue weighted by atomic mass is 10.1. The maximum Gasteiger partial charge on any atom is 0.306 e. The quantitative estimate of drug-likeness (QED) is 0.0268. The van der Waals surface area contributed by atoms with Crippen molar-refractivity contribution in [3.8, 4) is 0 Å². The van der Waals surface area contributed by atoms with Gasteiger partial charge in [0, 0.05) is 19.3 Å². The highest BCUT2D eigenvalue weighted by Gasteiger charge is 2.19. The van der Waals surface area contributed by atoms with E-state index >= 15 is 0 Å². The Morgan fingerprint density at radius 3 is 1.21 bits per heavy atom. The fraction of sp³-hybridized carbons (Fsp3) is 0.588. The van der Waals surface area contributed by atoms with E-state index in [9.17, 15) is 14.4 Å². The summed E-state index contributed by atoms with van der Waals surface area (Å²) < 4.78 is 16.6. The Labute approximate surface area is 349 Å². The number of esters is 3. The SMILES string of the molecule is CC\C=C/C=C\C=C/C=C\C=C/CCCC(=O)OC(COC(=O)CCCCC/C=C\C=C/CCCC)COC(=O)CCCCCCCC/C=C\C=C/CCCCC. The standard InChI is InChI=1S/C51H80O6/c1-4-7-10-13-16-19-22-24-25-27-29-32-35-38-41-44-50(53)56-47-48(46-55-49(52)43-40-37-34-31-28-21-18-15-12-9-6-3)57-51(54)45-42-39-36-33-30-26-23-20-17-14-11-8-5-2/h8,11,14-24,26,28,30,33,36,48H,4-7,9-10,12-13,25,27,29,31-32,34-35,37-47H2,1-3H3/b11-8-,17-14-,18-15-,19-16-,23-20-,24-22-,28-21-,30-26-,36-33-. The minimum atomic E-state index is -0.830. The third kappa shape index (κ3) is 43.0. The Hall–Kier alpha value is -3.93. The van der Waals surface area contributed by atoms with Crippen molar-refractivity contribution in [3.63, 3.8) is 0 Å². The van der Waals surface area contributed by atoms with Gasteiger partial charge in [-0.3, -0.25) is 14.4 Å². The molecule has 0 rings (SSSR count). The molecule has 0 N–H and O–H groups in total. The second-order valence-electron chi connectivity index (χ2n) is 14.4. The van der Waals surface area contributed by atoms with Gasteiger partial charge in [-0.05, 0) is 77.0 Å². The summed E-state index contributed by atoms with van der Waals surface area (Å²) >= 11 is 0. The highest BCUT2D eigenvalue weighted by atomic mass is 16.6. The average molecular weight is 789 g/mol. The monoisotopic (exact) mass is 789 g/mol. The van der Waals surface area contributed by atoms with Crippen LogP contribution < -0.4 is 0 Å². The molecule has 6 heteroatoms. The van der Waals surface area contributed by atoms with E-state index in [1.807, 2.05) is 54.7 Å². The first-order valence-electron chi connectivity index (χ1n) is 22.5. The Kier molecular flexibility index (Phi) is 41.7. The first kappa shape index (κ1) is 53.1. The summed E-state index contributed by atoms with van der Waals surface area (Å²) in [7, 11) is 0. The second kappa shape index (κ2) is 44.8. The van der Waals surface area contributed by atoms with Crippen molar-refractivity contribution in [2.24, 2.45) is 0 Å². The molecular formula is C51H80O6. The molecule has 0 aromatic carbocycles. The molecule has 0 aromatic rings. The van der Waals surface area contributed by atoms with Gasteiger partial charge >= 0.3 is 17.9 Å². The molecule has 1 unspecified atom stereocenters. The smallest absolute Gasteiger partial charge is 0.306 e. The number of allylic oxidation sites excluding steroid dienone is 18. The Bertz CT molecular complexity index is 1230. The van der Waals surface area contributed by atoms with Crippen molar-refractivity contribution in [1.29, 1.82) is 0 Å². The molecule has 6 nitrogen and oxygen atoms in total. The van der Waals surface area contributed by atoms with Gasteiger partial charge < -0.3 is 14.2 Å². The highest BCUT2D eigenvalue weighted by molar-refractivity contribution is 5.71. The molecular weight excluding hydrogens is 709 g/mol. The van der Waals surface area contributed by atoms with Crippen molar-refractivity contribution in [1.82, 2.24) is 0 Å². The van der Waals surface area contributed by atoms with Crippen LogP contribution in [0.15, 0.2) is 109 Å². The molecule has 0 aliphatic carbocycles. The first-order chi connectivity index (χ1) is 28.0. The van der Waals surface area contributed by atoms with Gasteiger partial charge in [0.25, 0.3) is 0 Å². The molecule has 320 valence electrons. The van der Waals surface area contributed by atoms with Crippen LogP contribution in [0.2, 0.25) is 0 Å². The molecule has 0 saturated carbocycles. The minimum absolute atomic E-state index is 0.124. The zero-order chi connectivity index (χ0) is 41.5. The van der Waals surface area contributed by atoms with Gasteiger partial charge in [-0.1, -0.05) is 188 Å². The van der Waals surface area contributed by atoms with Crippen LogP contribution in [0.3, 0.4) is 0 Å². The third-order valence-electron chi connectivity index (χ3n) is 8.91. The van der Waals surface area contributed by atoms with Crippen molar-refractivity contribution in [3.05, 3.63) is 109 Å². The lowest BCUT2D eigenvalue weighted by Crippen LogP contribution is -2.30. The molecule has 57 heavy (non-hydrogen) atoms.